The first-order valence-electron chi connectivity index (χ1n) is 4.27. The quantitative estimate of drug-likeness (QED) is 0.719. The first kappa shape index (κ1) is 8.62. The fourth-order valence-electron chi connectivity index (χ4n) is 1.65. The molecule has 2 rings (SSSR count). The molecule has 2 heterocycles. The molecule has 13 heavy (non-hydrogen) atoms. The van der Waals surface area contributed by atoms with Crippen LogP contribution < -0.4 is 5.32 Å². The van der Waals surface area contributed by atoms with Gasteiger partial charge in [0.2, 0.25) is 5.91 Å². The van der Waals surface area contributed by atoms with Crippen LogP contribution >= 0.6 is 11.5 Å². The fraction of sp³-hybridized carbons (Fsp3) is 0.625. The van der Waals surface area contributed by atoms with Crippen LogP contribution in [0.2, 0.25) is 0 Å². The highest BCUT2D eigenvalue weighted by atomic mass is 32.1. The van der Waals surface area contributed by atoms with Gasteiger partial charge in [0.15, 0.2) is 0 Å². The van der Waals surface area contributed by atoms with Gasteiger partial charge in [-0.3, -0.25) is 4.79 Å². The Bertz CT molecular complexity index is 309. The van der Waals surface area contributed by atoms with Gasteiger partial charge in [-0.15, -0.1) is 5.10 Å². The summed E-state index contributed by atoms with van der Waals surface area (Å²) in [5.74, 6) is 0.567. The Kier molecular flexibility index (Phi) is 2.03. The van der Waals surface area contributed by atoms with Crippen molar-refractivity contribution in [2.24, 2.45) is 11.8 Å². The summed E-state index contributed by atoms with van der Waals surface area (Å²) < 4.78 is 3.78. The lowest BCUT2D eigenvalue weighted by Crippen LogP contribution is -2.53. The van der Waals surface area contributed by atoms with Crippen LogP contribution in [0, 0.1) is 11.8 Å². The maximum Gasteiger partial charge on any atom is 0.226 e. The molecule has 1 aliphatic rings. The lowest BCUT2D eigenvalue weighted by Gasteiger charge is -2.37. The number of β-lactam (4-membered cyclic amide) rings is 1. The van der Waals surface area contributed by atoms with Gasteiger partial charge < -0.3 is 5.32 Å². The Balaban J connectivity index is 2.15. The highest BCUT2D eigenvalue weighted by Gasteiger charge is 2.43. The van der Waals surface area contributed by atoms with Crippen LogP contribution in [0.5, 0.6) is 0 Å². The van der Waals surface area contributed by atoms with Gasteiger partial charge in [-0.05, 0) is 17.5 Å². The van der Waals surface area contributed by atoms with E-state index in [-0.39, 0.29) is 17.9 Å². The summed E-state index contributed by atoms with van der Waals surface area (Å²) in [7, 11) is 0. The van der Waals surface area contributed by atoms with Gasteiger partial charge in [0.05, 0.1) is 17.7 Å². The van der Waals surface area contributed by atoms with Crippen LogP contribution in [0.1, 0.15) is 25.6 Å². The molecule has 4 nitrogen and oxygen atoms in total. The maximum atomic E-state index is 11.2. The Morgan fingerprint density at radius 2 is 2.38 bits per heavy atom. The minimum absolute atomic E-state index is 0.0731. The molecule has 0 spiro atoms. The number of nitrogens with one attached hydrogen (secondary N) is 1. The number of nitrogens with zero attached hydrogens (tertiary/aromatic N) is 2. The van der Waals surface area contributed by atoms with Crippen LogP contribution in [0.25, 0.3) is 0 Å². The van der Waals surface area contributed by atoms with E-state index in [0.717, 1.165) is 5.69 Å². The number of rotatable bonds is 2. The Morgan fingerprint density at radius 3 is 2.85 bits per heavy atom. The van der Waals surface area contributed by atoms with Crippen molar-refractivity contribution in [3.8, 4) is 0 Å². The normalized spacial score (nSPS) is 27.2. The zero-order valence-electron chi connectivity index (χ0n) is 7.52. The van der Waals surface area contributed by atoms with E-state index in [4.69, 9.17) is 0 Å². The number of amides is 1. The Hall–Kier alpha value is -0.970. The average Bonchev–Trinajstić information content (AvgIpc) is 2.50. The monoisotopic (exact) mass is 197 g/mol. The van der Waals surface area contributed by atoms with Gasteiger partial charge in [-0.25, -0.2) is 0 Å². The first-order valence-corrected chi connectivity index (χ1v) is 5.11. The molecule has 0 bridgehead atoms. The van der Waals surface area contributed by atoms with Gasteiger partial charge in [-0.2, -0.15) is 0 Å². The van der Waals surface area contributed by atoms with E-state index < -0.39 is 0 Å². The number of carbonyl (C=O) groups is 1. The second-order valence-corrected chi connectivity index (χ2v) is 4.20. The molecule has 70 valence electrons. The molecule has 0 radical (unpaired) electrons. The lowest BCUT2D eigenvalue weighted by molar-refractivity contribution is -0.137. The molecule has 2 unspecified atom stereocenters. The third-order valence-electron chi connectivity index (χ3n) is 2.37. The molecule has 0 aromatic carbocycles. The van der Waals surface area contributed by atoms with Crippen molar-refractivity contribution in [2.45, 2.75) is 19.9 Å². The van der Waals surface area contributed by atoms with Crippen molar-refractivity contribution in [1.82, 2.24) is 14.9 Å². The third kappa shape index (κ3) is 1.33. The highest BCUT2D eigenvalue weighted by molar-refractivity contribution is 7.03. The van der Waals surface area contributed by atoms with Crippen molar-refractivity contribution >= 4 is 17.4 Å². The summed E-state index contributed by atoms with van der Waals surface area (Å²) in [6, 6.07) is 0.0891. The average molecular weight is 197 g/mol. The molecule has 0 saturated carbocycles. The minimum Gasteiger partial charge on any atom is -0.346 e. The summed E-state index contributed by atoms with van der Waals surface area (Å²) in [6.07, 6.45) is 0. The summed E-state index contributed by atoms with van der Waals surface area (Å²) >= 11 is 1.32. The standard InChI is InChI=1S/C8H11N3OS/c1-4(2)6-7(9-8(6)12)5-3-13-11-10-5/h3-4,6-7H,1-2H3,(H,9,12). The van der Waals surface area contributed by atoms with E-state index in [1.165, 1.54) is 11.5 Å². The summed E-state index contributed by atoms with van der Waals surface area (Å²) in [4.78, 5) is 11.2. The second-order valence-electron chi connectivity index (χ2n) is 3.59. The van der Waals surface area contributed by atoms with E-state index in [1.807, 2.05) is 5.38 Å². The predicted octanol–water partition coefficient (Wildman–Crippen LogP) is 0.981. The van der Waals surface area contributed by atoms with Gasteiger partial charge >= 0.3 is 0 Å². The van der Waals surface area contributed by atoms with Gasteiger partial charge in [0.25, 0.3) is 0 Å². The maximum absolute atomic E-state index is 11.2. The SMILES string of the molecule is CC(C)C1C(=O)NC1c1csnn1. The molecular formula is C8H11N3OS. The van der Waals surface area contributed by atoms with Crippen LogP contribution in [-0.4, -0.2) is 15.5 Å². The summed E-state index contributed by atoms with van der Waals surface area (Å²) in [6.45, 7) is 4.10. The van der Waals surface area contributed by atoms with Crippen molar-refractivity contribution in [3.05, 3.63) is 11.1 Å². The summed E-state index contributed by atoms with van der Waals surface area (Å²) in [5, 5.41) is 8.69. The Morgan fingerprint density at radius 1 is 1.62 bits per heavy atom. The van der Waals surface area contributed by atoms with Gasteiger partial charge in [0, 0.05) is 5.38 Å². The fourth-order valence-corrected chi connectivity index (χ4v) is 2.14. The largest absolute Gasteiger partial charge is 0.346 e. The molecule has 1 aromatic heterocycles. The molecule has 5 heteroatoms. The molecule has 1 aromatic rings. The number of hydrogen-bond donors (Lipinski definition) is 1. The van der Waals surface area contributed by atoms with E-state index in [2.05, 4.69) is 28.8 Å². The predicted molar refractivity (Wildman–Crippen MR) is 49.1 cm³/mol. The molecular weight excluding hydrogens is 186 g/mol. The number of hydrogen-bond acceptors (Lipinski definition) is 4. The van der Waals surface area contributed by atoms with E-state index in [0.29, 0.717) is 5.92 Å². The van der Waals surface area contributed by atoms with Crippen LogP contribution in [-0.2, 0) is 4.79 Å². The van der Waals surface area contributed by atoms with Gasteiger partial charge in [0.1, 0.15) is 0 Å². The van der Waals surface area contributed by atoms with E-state index in [1.54, 1.807) is 0 Å². The zero-order valence-corrected chi connectivity index (χ0v) is 8.34. The van der Waals surface area contributed by atoms with Crippen LogP contribution in [0.15, 0.2) is 5.38 Å². The van der Waals surface area contributed by atoms with Crippen LogP contribution in [0.3, 0.4) is 0 Å². The number of carbonyl (C=O) groups excluding carboxylic acids is 1. The molecule has 1 saturated heterocycles. The molecule has 1 aliphatic heterocycles. The molecule has 1 fully saturated rings. The molecule has 2 atom stereocenters. The topological polar surface area (TPSA) is 54.9 Å². The highest BCUT2D eigenvalue weighted by Crippen LogP contribution is 2.34. The van der Waals surface area contributed by atoms with Crippen molar-refractivity contribution in [2.75, 3.05) is 0 Å². The number of aromatic nitrogens is 2. The van der Waals surface area contributed by atoms with Crippen molar-refractivity contribution < 1.29 is 4.79 Å². The summed E-state index contributed by atoms with van der Waals surface area (Å²) in [5.41, 5.74) is 0.892. The van der Waals surface area contributed by atoms with Crippen molar-refractivity contribution in [1.29, 1.82) is 0 Å². The molecule has 0 aliphatic carbocycles. The van der Waals surface area contributed by atoms with E-state index in [9.17, 15) is 4.79 Å². The smallest absolute Gasteiger partial charge is 0.226 e. The third-order valence-corrected chi connectivity index (χ3v) is 2.90. The van der Waals surface area contributed by atoms with Crippen LogP contribution in [0.4, 0.5) is 0 Å². The second kappa shape index (κ2) is 3.06. The first-order chi connectivity index (χ1) is 6.20. The molecule has 1 N–H and O–H groups in total. The lowest BCUT2D eigenvalue weighted by atomic mass is 9.80. The minimum atomic E-state index is 0.0731. The Labute approximate surface area is 80.5 Å². The van der Waals surface area contributed by atoms with E-state index >= 15 is 0 Å². The molecule has 1 amide bonds. The van der Waals surface area contributed by atoms with Crippen molar-refractivity contribution in [3.63, 3.8) is 0 Å². The van der Waals surface area contributed by atoms with Gasteiger partial charge in [-0.1, -0.05) is 18.3 Å². The zero-order chi connectivity index (χ0) is 9.42.